The number of aromatic nitrogens is 3. The molecule has 3 aromatic rings. The van der Waals surface area contributed by atoms with E-state index >= 15 is 0 Å². The fourth-order valence-corrected chi connectivity index (χ4v) is 6.42. The Morgan fingerprint density at radius 1 is 1.17 bits per heavy atom. The van der Waals surface area contributed by atoms with E-state index in [0.29, 0.717) is 0 Å². The maximum absolute atomic E-state index is 14.0. The van der Waals surface area contributed by atoms with Crippen molar-refractivity contribution < 1.29 is 52.7 Å². The molecular weight excluding hydrogens is 651 g/mol. The van der Waals surface area contributed by atoms with Crippen LogP contribution in [0.2, 0.25) is 0 Å². The average molecular weight is 691 g/mol. The lowest BCUT2D eigenvalue weighted by Crippen LogP contribution is -2.41. The van der Waals surface area contributed by atoms with Crippen LogP contribution in [0, 0.1) is 17.2 Å². The van der Waals surface area contributed by atoms with Crippen LogP contribution in [-0.2, 0) is 33.7 Å². The molecule has 1 unspecified atom stereocenters. The summed E-state index contributed by atoms with van der Waals surface area (Å²) in [5.74, 6) is -0.388. The lowest BCUT2D eigenvalue weighted by molar-refractivity contribution is -0.146. The molecule has 17 nitrogen and oxygen atoms in total. The Morgan fingerprint density at radius 3 is 2.56 bits per heavy atom. The largest absolute Gasteiger partial charge is 0.464 e. The Bertz CT molecular complexity index is 1630. The number of anilines is 1. The predicted octanol–water partition coefficient (Wildman–Crippen LogP) is 2.27. The van der Waals surface area contributed by atoms with Crippen LogP contribution < -0.4 is 14.9 Å². The average Bonchev–Trinajstić information content (AvgIpc) is 3.63. The molecule has 1 aliphatic heterocycles. The highest BCUT2D eigenvalue weighted by Crippen LogP contribution is 2.47. The number of benzene rings is 1. The van der Waals surface area contributed by atoms with Crippen molar-refractivity contribution in [1.29, 1.82) is 5.26 Å². The van der Waals surface area contributed by atoms with Gasteiger partial charge in [-0.15, -0.1) is 0 Å². The molecular formula is C30H39N6O11P. The first-order chi connectivity index (χ1) is 23.0. The number of aliphatic hydroxyl groups is 3. The number of aliphatic hydroxyl groups excluding tert-OH is 3. The van der Waals surface area contributed by atoms with E-state index < -0.39 is 56.4 Å². The van der Waals surface area contributed by atoms with Crippen LogP contribution in [0.5, 0.6) is 5.75 Å². The van der Waals surface area contributed by atoms with Gasteiger partial charge in [-0.25, -0.2) is 18.9 Å². The second-order valence-corrected chi connectivity index (χ2v) is 12.6. The number of esters is 1. The third kappa shape index (κ3) is 8.28. The SMILES string of the molecule is CCC(CC)COC(=O)[C@H](C)NP(=O)(OC[C@H]1O[C@@](C#N)(c2ccc3c(NC(=O)OCCO)ncnn23)[C@H](O)[C@@H]1O)Oc1ccccc1. The summed E-state index contributed by atoms with van der Waals surface area (Å²) in [6.45, 7) is 4.29. The summed E-state index contributed by atoms with van der Waals surface area (Å²) in [7, 11) is -4.39. The molecule has 0 spiro atoms. The molecule has 0 aliphatic carbocycles. The van der Waals surface area contributed by atoms with E-state index in [2.05, 4.69) is 20.5 Å². The van der Waals surface area contributed by atoms with E-state index in [1.807, 2.05) is 19.9 Å². The molecule has 1 fully saturated rings. The van der Waals surface area contributed by atoms with E-state index in [1.165, 1.54) is 35.7 Å². The topological polar surface area (TPSA) is 236 Å². The van der Waals surface area contributed by atoms with Crippen molar-refractivity contribution >= 4 is 31.1 Å². The highest BCUT2D eigenvalue weighted by molar-refractivity contribution is 7.52. The van der Waals surface area contributed by atoms with E-state index in [-0.39, 0.29) is 48.5 Å². The van der Waals surface area contributed by atoms with Gasteiger partial charge in [-0.3, -0.25) is 14.6 Å². The first kappa shape index (κ1) is 36.7. The maximum atomic E-state index is 14.0. The van der Waals surface area contributed by atoms with Crippen molar-refractivity contribution in [3.05, 3.63) is 54.5 Å². The van der Waals surface area contributed by atoms with Gasteiger partial charge >= 0.3 is 19.8 Å². The number of hydrogen-bond donors (Lipinski definition) is 5. The third-order valence-corrected chi connectivity index (χ3v) is 9.34. The molecule has 1 aromatic carbocycles. The van der Waals surface area contributed by atoms with Crippen molar-refractivity contribution in [3.63, 3.8) is 0 Å². The fraction of sp³-hybridized carbons (Fsp3) is 0.500. The van der Waals surface area contributed by atoms with Crippen molar-refractivity contribution in [3.8, 4) is 11.8 Å². The molecule has 6 atom stereocenters. The van der Waals surface area contributed by atoms with E-state index in [1.54, 1.807) is 18.2 Å². The van der Waals surface area contributed by atoms with Crippen molar-refractivity contribution in [2.45, 2.75) is 63.6 Å². The summed E-state index contributed by atoms with van der Waals surface area (Å²) in [5, 5.41) is 50.4. The molecule has 2 aromatic heterocycles. The minimum absolute atomic E-state index is 0.0159. The number of hydrogen-bond acceptors (Lipinski definition) is 14. The molecule has 5 N–H and O–H groups in total. The van der Waals surface area contributed by atoms with Crippen molar-refractivity contribution in [2.75, 3.05) is 31.7 Å². The Hall–Kier alpha value is -4.14. The Labute approximate surface area is 276 Å². The number of fused-ring (bicyclic) bond motifs is 1. The molecule has 18 heteroatoms. The predicted molar refractivity (Wildman–Crippen MR) is 167 cm³/mol. The van der Waals surface area contributed by atoms with Gasteiger partial charge in [0.25, 0.3) is 0 Å². The smallest absolute Gasteiger partial charge is 0.459 e. The van der Waals surface area contributed by atoms with Gasteiger partial charge in [-0.05, 0) is 37.1 Å². The number of carbonyl (C=O) groups excluding carboxylic acids is 2. The number of nitriles is 1. The highest BCUT2D eigenvalue weighted by atomic mass is 31.2. The molecule has 1 saturated heterocycles. The van der Waals surface area contributed by atoms with E-state index in [9.17, 15) is 29.6 Å². The zero-order valence-electron chi connectivity index (χ0n) is 26.6. The molecule has 48 heavy (non-hydrogen) atoms. The minimum atomic E-state index is -4.39. The summed E-state index contributed by atoms with van der Waals surface area (Å²) >= 11 is 0. The molecule has 1 amide bonds. The normalized spacial score (nSPS) is 22.5. The summed E-state index contributed by atoms with van der Waals surface area (Å²) in [4.78, 5) is 28.8. The van der Waals surface area contributed by atoms with Crippen LogP contribution in [-0.4, -0.2) is 92.8 Å². The van der Waals surface area contributed by atoms with Crippen LogP contribution in [0.25, 0.3) is 5.52 Å². The Balaban J connectivity index is 1.54. The maximum Gasteiger partial charge on any atom is 0.459 e. The van der Waals surface area contributed by atoms with E-state index in [0.717, 1.165) is 19.2 Å². The lowest BCUT2D eigenvalue weighted by Gasteiger charge is -2.25. The van der Waals surface area contributed by atoms with E-state index in [4.69, 9.17) is 28.4 Å². The first-order valence-corrected chi connectivity index (χ1v) is 16.8. The van der Waals surface area contributed by atoms with Gasteiger partial charge < -0.3 is 34.1 Å². The number of ether oxygens (including phenoxy) is 3. The van der Waals surface area contributed by atoms with Crippen molar-refractivity contribution in [1.82, 2.24) is 19.7 Å². The minimum Gasteiger partial charge on any atom is -0.464 e. The summed E-state index contributed by atoms with van der Waals surface area (Å²) in [6, 6.07) is 11.6. The lowest BCUT2D eigenvalue weighted by atomic mass is 9.92. The number of nitrogens with zero attached hydrogens (tertiary/aromatic N) is 4. The highest BCUT2D eigenvalue weighted by Gasteiger charge is 2.58. The van der Waals surface area contributed by atoms with Crippen LogP contribution >= 0.6 is 7.75 Å². The number of para-hydroxylation sites is 1. The Morgan fingerprint density at radius 2 is 1.90 bits per heavy atom. The number of nitrogens with one attached hydrogen (secondary N) is 2. The van der Waals surface area contributed by atoms with Gasteiger partial charge in [0.1, 0.15) is 54.6 Å². The van der Waals surface area contributed by atoms with Crippen LogP contribution in [0.4, 0.5) is 10.6 Å². The van der Waals surface area contributed by atoms with Crippen LogP contribution in [0.1, 0.15) is 39.3 Å². The van der Waals surface area contributed by atoms with Crippen molar-refractivity contribution in [2.24, 2.45) is 5.92 Å². The molecule has 0 bridgehead atoms. The number of amides is 1. The number of carbonyl (C=O) groups is 2. The summed E-state index contributed by atoms with van der Waals surface area (Å²) in [5.41, 5.74) is -2.06. The van der Waals surface area contributed by atoms with Crippen LogP contribution in [0.15, 0.2) is 48.8 Å². The zero-order valence-corrected chi connectivity index (χ0v) is 27.5. The molecule has 260 valence electrons. The number of rotatable bonds is 16. The summed E-state index contributed by atoms with van der Waals surface area (Å²) < 4.78 is 42.6. The molecule has 0 saturated carbocycles. The second kappa shape index (κ2) is 16.3. The Kier molecular flexibility index (Phi) is 12.5. The zero-order chi connectivity index (χ0) is 34.9. The third-order valence-electron chi connectivity index (χ3n) is 7.70. The van der Waals surface area contributed by atoms with Gasteiger partial charge in [0.2, 0.25) is 5.60 Å². The molecule has 4 rings (SSSR count). The van der Waals surface area contributed by atoms with Gasteiger partial charge in [-0.1, -0.05) is 44.9 Å². The monoisotopic (exact) mass is 690 g/mol. The standard InChI is InChI=1S/C30H39N6O11P/c1-4-20(5-2)15-44-28(40)19(3)35-48(42,47-21-9-7-6-8-10-21)45-16-23-25(38)26(39)30(17-31,46-23)24-12-11-22-27(32-18-33-36(22)24)34-29(41)43-14-13-37/h6-12,18-20,23,25-26,37-39H,4-5,13-16H2,1-3H3,(H,35,42)(H,32,33,34,41)/t19-,23+,25+,26+,30-,48?/m0/s1. The molecule has 1 aliphatic rings. The van der Waals surface area contributed by atoms with Gasteiger partial charge in [-0.2, -0.15) is 15.4 Å². The first-order valence-electron chi connectivity index (χ1n) is 15.3. The van der Waals surface area contributed by atoms with Crippen LogP contribution in [0.3, 0.4) is 0 Å². The second-order valence-electron chi connectivity index (χ2n) is 10.9. The molecule has 3 heterocycles. The fourth-order valence-electron chi connectivity index (χ4n) is 4.92. The summed E-state index contributed by atoms with van der Waals surface area (Å²) in [6.07, 6.45) is -3.21. The van der Waals surface area contributed by atoms with Gasteiger partial charge in [0, 0.05) is 0 Å². The van der Waals surface area contributed by atoms with Gasteiger partial charge in [0.15, 0.2) is 5.82 Å². The molecule has 0 radical (unpaired) electrons. The quantitative estimate of drug-likeness (QED) is 0.107. The van der Waals surface area contributed by atoms with Gasteiger partial charge in [0.05, 0.1) is 25.5 Å².